The maximum Gasteiger partial charge on any atom is 0.144 e. The zero-order valence-corrected chi connectivity index (χ0v) is 28.5. The molecule has 0 atom stereocenters. The van der Waals surface area contributed by atoms with E-state index in [0.717, 1.165) is 104 Å². The van der Waals surface area contributed by atoms with Gasteiger partial charge in [-0.05, 0) is 92.3 Å². The van der Waals surface area contributed by atoms with E-state index in [1.165, 1.54) is 5.56 Å². The fourth-order valence-corrected chi connectivity index (χ4v) is 8.27. The van der Waals surface area contributed by atoms with E-state index in [1.54, 1.807) is 0 Å². The summed E-state index contributed by atoms with van der Waals surface area (Å²) in [7, 11) is 0. The van der Waals surface area contributed by atoms with Gasteiger partial charge in [-0.15, -0.1) is 0 Å². The molecule has 0 saturated heterocycles. The molecule has 0 unspecified atom stereocenters. The molecule has 11 rings (SSSR count). The lowest BCUT2D eigenvalue weighted by molar-refractivity contribution is 0.673. The zero-order chi connectivity index (χ0) is 34.9. The largest absolute Gasteiger partial charge is 0.455 e. The van der Waals surface area contributed by atoms with Gasteiger partial charge in [0, 0.05) is 68.4 Å². The molecule has 53 heavy (non-hydrogen) atoms. The Morgan fingerprint density at radius 3 is 1.53 bits per heavy atom. The predicted molar refractivity (Wildman–Crippen MR) is 219 cm³/mol. The van der Waals surface area contributed by atoms with Gasteiger partial charge in [-0.3, -0.25) is 9.97 Å². The summed E-state index contributed by atoms with van der Waals surface area (Å²) in [5.74, 6) is 0. The fraction of sp³-hybridized carbons (Fsp3) is 0. The van der Waals surface area contributed by atoms with Crippen LogP contribution in [0, 0.1) is 0 Å². The number of para-hydroxylation sites is 2. The first-order valence-electron chi connectivity index (χ1n) is 17.8. The standard InChI is InChI=1S/C49H29N3O/c1-3-16-38-36(14-1)45(34-26-32(30-11-9-23-50-28-30)25-33(27-34)31-12-10-24-51-29-31)37-15-2-4-17-39(37)46(38)48-42-22-21-40-35-13-6-8-20-44(35)53-49(40)47(42)41-18-5-7-19-43(41)52-48/h1-29H. The van der Waals surface area contributed by atoms with E-state index in [9.17, 15) is 0 Å². The van der Waals surface area contributed by atoms with Crippen molar-refractivity contribution in [3.63, 3.8) is 0 Å². The van der Waals surface area contributed by atoms with Crippen molar-refractivity contribution in [3.8, 4) is 44.6 Å². The molecule has 246 valence electrons. The molecule has 11 aromatic rings. The van der Waals surface area contributed by atoms with Crippen molar-refractivity contribution in [3.05, 3.63) is 176 Å². The molecule has 0 N–H and O–H groups in total. The molecule has 0 aliphatic carbocycles. The molecule has 0 aliphatic rings. The SMILES string of the molecule is c1cncc(-c2cc(-c3cccnc3)cc(-c3c4ccccc4c(-c4nc5ccccc5c5c4ccc4c6ccccc6oc45)c4ccccc34)c2)c1. The number of furan rings is 1. The lowest BCUT2D eigenvalue weighted by atomic mass is 9.84. The van der Waals surface area contributed by atoms with Gasteiger partial charge in [-0.1, -0.05) is 103 Å². The zero-order valence-electron chi connectivity index (χ0n) is 28.5. The molecule has 0 spiro atoms. The maximum atomic E-state index is 6.68. The highest BCUT2D eigenvalue weighted by molar-refractivity contribution is 6.28. The predicted octanol–water partition coefficient (Wildman–Crippen LogP) is 13.1. The minimum Gasteiger partial charge on any atom is -0.455 e. The van der Waals surface area contributed by atoms with Gasteiger partial charge in [0.1, 0.15) is 11.2 Å². The van der Waals surface area contributed by atoms with Crippen LogP contribution in [0.5, 0.6) is 0 Å². The fourth-order valence-electron chi connectivity index (χ4n) is 8.27. The molecular weight excluding hydrogens is 647 g/mol. The number of benzene rings is 7. The third kappa shape index (κ3) is 4.59. The average molecular weight is 676 g/mol. The molecule has 0 amide bonds. The second-order valence-corrected chi connectivity index (χ2v) is 13.6. The summed E-state index contributed by atoms with van der Waals surface area (Å²) in [6.45, 7) is 0. The van der Waals surface area contributed by atoms with Crippen LogP contribution in [0.2, 0.25) is 0 Å². The average Bonchev–Trinajstić information content (AvgIpc) is 3.62. The van der Waals surface area contributed by atoms with Crippen LogP contribution >= 0.6 is 0 Å². The number of hydrogen-bond acceptors (Lipinski definition) is 4. The highest BCUT2D eigenvalue weighted by Crippen LogP contribution is 2.48. The Labute approximate surface area is 304 Å². The van der Waals surface area contributed by atoms with E-state index in [4.69, 9.17) is 9.40 Å². The number of fused-ring (bicyclic) bond motifs is 9. The summed E-state index contributed by atoms with van der Waals surface area (Å²) < 4.78 is 6.68. The van der Waals surface area contributed by atoms with Crippen LogP contribution in [0.3, 0.4) is 0 Å². The molecular formula is C49H29N3O. The number of rotatable bonds is 4. The minimum absolute atomic E-state index is 0.886. The first-order chi connectivity index (χ1) is 26.3. The van der Waals surface area contributed by atoms with Crippen LogP contribution in [0.4, 0.5) is 0 Å². The van der Waals surface area contributed by atoms with Crippen molar-refractivity contribution in [2.24, 2.45) is 0 Å². The molecule has 4 heterocycles. The molecule has 0 aliphatic heterocycles. The number of hydrogen-bond donors (Lipinski definition) is 0. The summed E-state index contributed by atoms with van der Waals surface area (Å²) in [6.07, 6.45) is 7.50. The van der Waals surface area contributed by atoms with Gasteiger partial charge in [0.25, 0.3) is 0 Å². The Bertz CT molecular complexity index is 3110. The van der Waals surface area contributed by atoms with Gasteiger partial charge >= 0.3 is 0 Å². The third-order valence-corrected chi connectivity index (χ3v) is 10.6. The topological polar surface area (TPSA) is 51.8 Å². The van der Waals surface area contributed by atoms with Gasteiger partial charge in [-0.2, -0.15) is 0 Å². The molecule has 0 bridgehead atoms. The summed E-state index contributed by atoms with van der Waals surface area (Å²) in [6, 6.07) is 53.8. The van der Waals surface area contributed by atoms with Crippen molar-refractivity contribution in [1.29, 1.82) is 0 Å². The smallest absolute Gasteiger partial charge is 0.144 e. The molecule has 0 saturated carbocycles. The second kappa shape index (κ2) is 11.7. The Morgan fingerprint density at radius 2 is 0.906 bits per heavy atom. The van der Waals surface area contributed by atoms with E-state index < -0.39 is 0 Å². The Balaban J connectivity index is 1.27. The highest BCUT2D eigenvalue weighted by Gasteiger charge is 2.23. The first kappa shape index (κ1) is 29.5. The van der Waals surface area contributed by atoms with Gasteiger partial charge in [0.2, 0.25) is 0 Å². The molecule has 7 aromatic carbocycles. The molecule has 4 nitrogen and oxygen atoms in total. The van der Waals surface area contributed by atoms with Crippen LogP contribution in [0.25, 0.3) is 110 Å². The van der Waals surface area contributed by atoms with Gasteiger partial charge in [0.05, 0.1) is 11.2 Å². The van der Waals surface area contributed by atoms with Crippen LogP contribution in [0.15, 0.2) is 181 Å². The van der Waals surface area contributed by atoms with E-state index in [2.05, 4.69) is 137 Å². The lowest BCUT2D eigenvalue weighted by Crippen LogP contribution is -1.95. The summed E-state index contributed by atoms with van der Waals surface area (Å²) in [5.41, 5.74) is 11.4. The van der Waals surface area contributed by atoms with Crippen molar-refractivity contribution in [2.75, 3.05) is 0 Å². The molecule has 0 radical (unpaired) electrons. The summed E-state index contributed by atoms with van der Waals surface area (Å²) in [4.78, 5) is 14.4. The van der Waals surface area contributed by atoms with Gasteiger partial charge in [0.15, 0.2) is 0 Å². The monoisotopic (exact) mass is 675 g/mol. The molecule has 4 aromatic heterocycles. The van der Waals surface area contributed by atoms with E-state index >= 15 is 0 Å². The van der Waals surface area contributed by atoms with Crippen LogP contribution in [-0.2, 0) is 0 Å². The van der Waals surface area contributed by atoms with Gasteiger partial charge < -0.3 is 4.42 Å². The number of aromatic nitrogens is 3. The summed E-state index contributed by atoms with van der Waals surface area (Å²) >= 11 is 0. The van der Waals surface area contributed by atoms with Crippen molar-refractivity contribution < 1.29 is 4.42 Å². The van der Waals surface area contributed by atoms with Crippen molar-refractivity contribution in [2.45, 2.75) is 0 Å². The maximum absolute atomic E-state index is 6.68. The van der Waals surface area contributed by atoms with E-state index in [0.29, 0.717) is 0 Å². The summed E-state index contributed by atoms with van der Waals surface area (Å²) in [5, 5.41) is 10.1. The normalized spacial score (nSPS) is 11.8. The second-order valence-electron chi connectivity index (χ2n) is 13.6. The quantitative estimate of drug-likeness (QED) is 0.138. The Kier molecular flexibility index (Phi) is 6.52. The molecule has 0 fully saturated rings. The minimum atomic E-state index is 0.886. The van der Waals surface area contributed by atoms with Crippen LogP contribution in [-0.4, -0.2) is 15.0 Å². The molecule has 4 heteroatoms. The lowest BCUT2D eigenvalue weighted by Gasteiger charge is -2.20. The Morgan fingerprint density at radius 1 is 0.377 bits per heavy atom. The first-order valence-corrected chi connectivity index (χ1v) is 17.8. The number of nitrogens with zero attached hydrogens (tertiary/aromatic N) is 3. The van der Waals surface area contributed by atoms with Crippen LogP contribution < -0.4 is 0 Å². The van der Waals surface area contributed by atoms with Gasteiger partial charge in [-0.25, -0.2) is 4.98 Å². The highest BCUT2D eigenvalue weighted by atomic mass is 16.3. The van der Waals surface area contributed by atoms with E-state index in [-0.39, 0.29) is 0 Å². The number of pyridine rings is 3. The van der Waals surface area contributed by atoms with Crippen molar-refractivity contribution in [1.82, 2.24) is 15.0 Å². The van der Waals surface area contributed by atoms with Crippen LogP contribution in [0.1, 0.15) is 0 Å². The third-order valence-electron chi connectivity index (χ3n) is 10.6. The Hall–Kier alpha value is -7.17. The van der Waals surface area contributed by atoms with Crippen molar-refractivity contribution >= 4 is 65.2 Å². The van der Waals surface area contributed by atoms with E-state index in [1.807, 2.05) is 49.1 Å².